The van der Waals surface area contributed by atoms with Gasteiger partial charge in [0.25, 0.3) is 0 Å². The third-order valence-corrected chi connectivity index (χ3v) is 6.06. The monoisotopic (exact) mass is 417 g/mol. The second-order valence-electron chi connectivity index (χ2n) is 6.27. The summed E-state index contributed by atoms with van der Waals surface area (Å²) in [6, 6.07) is 8.36. The molecule has 5 nitrogen and oxygen atoms in total. The molecule has 1 fully saturated rings. The van der Waals surface area contributed by atoms with Crippen LogP contribution in [0.2, 0.25) is 0 Å². The summed E-state index contributed by atoms with van der Waals surface area (Å²) in [5, 5.41) is 9.76. The normalized spacial score (nSPS) is 14.2. The van der Waals surface area contributed by atoms with E-state index in [0.717, 1.165) is 39.3 Å². The molecule has 0 radical (unpaired) electrons. The fourth-order valence-electron chi connectivity index (χ4n) is 2.96. The second kappa shape index (κ2) is 6.96. The van der Waals surface area contributed by atoms with E-state index in [4.69, 9.17) is 0 Å². The number of halogens is 1. The largest absolute Gasteiger partial charge is 0.319 e. The SMILES string of the molecule is CCn1c(-c2ccc(Br)cc2)cnc1SCc1nnc(C2CC2)n1C. The van der Waals surface area contributed by atoms with E-state index in [-0.39, 0.29) is 0 Å². The van der Waals surface area contributed by atoms with Crippen LogP contribution in [0.25, 0.3) is 11.3 Å². The molecule has 1 aromatic carbocycles. The average molecular weight is 418 g/mol. The number of rotatable bonds is 6. The molecule has 25 heavy (non-hydrogen) atoms. The van der Waals surface area contributed by atoms with E-state index < -0.39 is 0 Å². The molecule has 0 spiro atoms. The summed E-state index contributed by atoms with van der Waals surface area (Å²) in [6.45, 7) is 3.04. The van der Waals surface area contributed by atoms with Crippen molar-refractivity contribution in [2.45, 2.75) is 43.1 Å². The van der Waals surface area contributed by atoms with Crippen LogP contribution >= 0.6 is 27.7 Å². The van der Waals surface area contributed by atoms with E-state index in [1.54, 1.807) is 11.8 Å². The first-order chi connectivity index (χ1) is 12.2. The Kier molecular flexibility index (Phi) is 4.69. The first-order valence-corrected chi connectivity index (χ1v) is 10.3. The summed E-state index contributed by atoms with van der Waals surface area (Å²) >= 11 is 5.21. The third-order valence-electron chi connectivity index (χ3n) is 4.55. The fourth-order valence-corrected chi connectivity index (χ4v) is 4.24. The highest BCUT2D eigenvalue weighted by molar-refractivity contribution is 9.10. The standard InChI is InChI=1S/C18H20BrN5S/c1-3-24-15(12-6-8-14(19)9-7-12)10-20-18(24)25-11-16-21-22-17(23(16)2)13-4-5-13/h6-10,13H,3-5,11H2,1-2H3. The molecule has 0 saturated heterocycles. The maximum atomic E-state index is 4.64. The summed E-state index contributed by atoms with van der Waals surface area (Å²) in [4.78, 5) is 4.64. The fraction of sp³-hybridized carbons (Fsp3) is 0.389. The van der Waals surface area contributed by atoms with Crippen LogP contribution in [0.1, 0.15) is 37.3 Å². The molecule has 0 atom stereocenters. The van der Waals surface area contributed by atoms with Gasteiger partial charge in [-0.2, -0.15) is 0 Å². The first kappa shape index (κ1) is 16.8. The summed E-state index contributed by atoms with van der Waals surface area (Å²) in [7, 11) is 2.07. The predicted molar refractivity (Wildman–Crippen MR) is 104 cm³/mol. The molecule has 0 N–H and O–H groups in total. The Balaban J connectivity index is 1.54. The van der Waals surface area contributed by atoms with Crippen molar-refractivity contribution < 1.29 is 0 Å². The smallest absolute Gasteiger partial charge is 0.168 e. The molecule has 0 amide bonds. The van der Waals surface area contributed by atoms with Gasteiger partial charge in [-0.25, -0.2) is 4.98 Å². The van der Waals surface area contributed by atoms with Gasteiger partial charge in [0.15, 0.2) is 5.16 Å². The van der Waals surface area contributed by atoms with E-state index >= 15 is 0 Å². The van der Waals surface area contributed by atoms with Gasteiger partial charge < -0.3 is 9.13 Å². The molecule has 1 aliphatic rings. The Morgan fingerprint density at radius 1 is 1.20 bits per heavy atom. The minimum Gasteiger partial charge on any atom is -0.319 e. The Bertz CT molecular complexity index is 880. The minimum atomic E-state index is 0.623. The summed E-state index contributed by atoms with van der Waals surface area (Å²) in [5.41, 5.74) is 2.33. The summed E-state index contributed by atoms with van der Waals surface area (Å²) in [5.74, 6) is 3.55. The maximum absolute atomic E-state index is 4.64. The van der Waals surface area contributed by atoms with E-state index in [2.05, 4.69) is 78.5 Å². The highest BCUT2D eigenvalue weighted by atomic mass is 79.9. The average Bonchev–Trinajstić information content (AvgIpc) is 3.27. The molecule has 2 heterocycles. The highest BCUT2D eigenvalue weighted by Crippen LogP contribution is 2.39. The predicted octanol–water partition coefficient (Wildman–Crippen LogP) is 4.63. The van der Waals surface area contributed by atoms with Crippen molar-refractivity contribution in [3.8, 4) is 11.3 Å². The molecular weight excluding hydrogens is 398 g/mol. The zero-order valence-corrected chi connectivity index (χ0v) is 16.7. The Labute approximate surface area is 160 Å². The van der Waals surface area contributed by atoms with Crippen molar-refractivity contribution in [1.29, 1.82) is 0 Å². The third kappa shape index (κ3) is 3.40. The number of hydrogen-bond acceptors (Lipinski definition) is 4. The van der Waals surface area contributed by atoms with E-state index in [1.807, 2.05) is 6.20 Å². The van der Waals surface area contributed by atoms with Crippen LogP contribution in [-0.4, -0.2) is 24.3 Å². The Morgan fingerprint density at radius 3 is 2.64 bits per heavy atom. The first-order valence-electron chi connectivity index (χ1n) is 8.49. The van der Waals surface area contributed by atoms with E-state index in [1.165, 1.54) is 18.4 Å². The molecule has 0 bridgehead atoms. The van der Waals surface area contributed by atoms with Gasteiger partial charge in [0.05, 0.1) is 17.6 Å². The Morgan fingerprint density at radius 2 is 1.96 bits per heavy atom. The molecule has 7 heteroatoms. The molecule has 0 aliphatic heterocycles. The molecule has 3 aromatic rings. The van der Waals surface area contributed by atoms with Crippen LogP contribution in [0.5, 0.6) is 0 Å². The van der Waals surface area contributed by atoms with Crippen molar-refractivity contribution >= 4 is 27.7 Å². The number of benzene rings is 1. The zero-order chi connectivity index (χ0) is 17.4. The molecular formula is C18H20BrN5S. The number of thioether (sulfide) groups is 1. The Hall–Kier alpha value is -1.60. The van der Waals surface area contributed by atoms with E-state index in [9.17, 15) is 0 Å². The molecule has 1 saturated carbocycles. The molecule has 130 valence electrons. The van der Waals surface area contributed by atoms with Crippen molar-refractivity contribution in [3.63, 3.8) is 0 Å². The topological polar surface area (TPSA) is 48.5 Å². The number of nitrogens with zero attached hydrogens (tertiary/aromatic N) is 5. The van der Waals surface area contributed by atoms with Crippen LogP contribution in [0.15, 0.2) is 40.1 Å². The zero-order valence-electron chi connectivity index (χ0n) is 14.3. The molecule has 2 aromatic heterocycles. The van der Waals surface area contributed by atoms with Crippen LogP contribution in [0.4, 0.5) is 0 Å². The highest BCUT2D eigenvalue weighted by Gasteiger charge is 2.29. The number of imidazole rings is 1. The van der Waals surface area contributed by atoms with Gasteiger partial charge in [-0.05, 0) is 37.5 Å². The lowest BCUT2D eigenvalue weighted by atomic mass is 10.2. The second-order valence-corrected chi connectivity index (χ2v) is 8.13. The van der Waals surface area contributed by atoms with Gasteiger partial charge in [-0.1, -0.05) is 39.8 Å². The summed E-state index contributed by atoms with van der Waals surface area (Å²) < 4.78 is 5.49. The van der Waals surface area contributed by atoms with Gasteiger partial charge in [-0.3, -0.25) is 0 Å². The maximum Gasteiger partial charge on any atom is 0.168 e. The van der Waals surface area contributed by atoms with Gasteiger partial charge in [0.2, 0.25) is 0 Å². The van der Waals surface area contributed by atoms with Crippen LogP contribution in [0.3, 0.4) is 0 Å². The lowest BCUT2D eigenvalue weighted by Gasteiger charge is -2.09. The molecule has 4 rings (SSSR count). The van der Waals surface area contributed by atoms with Crippen molar-refractivity contribution in [2.24, 2.45) is 7.05 Å². The number of hydrogen-bond donors (Lipinski definition) is 0. The van der Waals surface area contributed by atoms with Crippen LogP contribution in [-0.2, 0) is 19.3 Å². The van der Waals surface area contributed by atoms with Crippen molar-refractivity contribution in [3.05, 3.63) is 46.6 Å². The molecule has 0 unspecified atom stereocenters. The van der Waals surface area contributed by atoms with Gasteiger partial charge in [0.1, 0.15) is 11.6 Å². The lowest BCUT2D eigenvalue weighted by molar-refractivity contribution is 0.686. The van der Waals surface area contributed by atoms with Gasteiger partial charge in [0, 0.05) is 24.0 Å². The van der Waals surface area contributed by atoms with Crippen molar-refractivity contribution in [1.82, 2.24) is 24.3 Å². The van der Waals surface area contributed by atoms with Crippen LogP contribution < -0.4 is 0 Å². The van der Waals surface area contributed by atoms with E-state index in [0.29, 0.717) is 5.92 Å². The van der Waals surface area contributed by atoms with Crippen molar-refractivity contribution in [2.75, 3.05) is 0 Å². The quantitative estimate of drug-likeness (QED) is 0.548. The van der Waals surface area contributed by atoms with Gasteiger partial charge >= 0.3 is 0 Å². The lowest BCUT2D eigenvalue weighted by Crippen LogP contribution is -2.02. The van der Waals surface area contributed by atoms with Gasteiger partial charge in [-0.15, -0.1) is 10.2 Å². The molecule has 1 aliphatic carbocycles. The summed E-state index contributed by atoms with van der Waals surface area (Å²) in [6.07, 6.45) is 4.45. The number of aromatic nitrogens is 5. The van der Waals surface area contributed by atoms with Crippen LogP contribution in [0, 0.1) is 0 Å². The minimum absolute atomic E-state index is 0.623.